The first kappa shape index (κ1) is 24.7. The number of carbonyl (C=O) groups excluding carboxylic acids is 1. The van der Waals surface area contributed by atoms with Gasteiger partial charge in [0.15, 0.2) is 5.96 Å². The molecule has 7 heteroatoms. The van der Waals surface area contributed by atoms with E-state index in [2.05, 4.69) is 27.9 Å². The summed E-state index contributed by atoms with van der Waals surface area (Å²) in [5.74, 6) is 0.695. The Morgan fingerprint density at radius 3 is 2.62 bits per heavy atom. The van der Waals surface area contributed by atoms with Gasteiger partial charge in [-0.25, -0.2) is 4.99 Å². The topological polar surface area (TPSA) is 74.8 Å². The lowest BCUT2D eigenvalue weighted by molar-refractivity contribution is 0.0963. The van der Waals surface area contributed by atoms with E-state index in [1.165, 1.54) is 0 Å². The zero-order valence-electron chi connectivity index (χ0n) is 16.1. The van der Waals surface area contributed by atoms with Crippen molar-refractivity contribution in [2.75, 3.05) is 33.4 Å². The second-order valence-corrected chi connectivity index (χ2v) is 5.72. The molecule has 6 nitrogen and oxygen atoms in total. The number of aliphatic imine (C=N–C) groups is 1. The van der Waals surface area contributed by atoms with Crippen LogP contribution in [-0.4, -0.2) is 45.2 Å². The van der Waals surface area contributed by atoms with E-state index >= 15 is 0 Å². The van der Waals surface area contributed by atoms with Crippen LogP contribution in [0.2, 0.25) is 0 Å². The first-order valence-corrected chi connectivity index (χ1v) is 9.12. The van der Waals surface area contributed by atoms with Crippen LogP contribution in [0.15, 0.2) is 29.3 Å². The smallest absolute Gasteiger partial charge is 0.251 e. The Hall–Kier alpha value is -1.35. The molecule has 0 aliphatic heterocycles. The van der Waals surface area contributed by atoms with Crippen molar-refractivity contribution >= 4 is 35.8 Å². The van der Waals surface area contributed by atoms with Crippen molar-refractivity contribution in [3.05, 3.63) is 35.4 Å². The van der Waals surface area contributed by atoms with Gasteiger partial charge in [-0.2, -0.15) is 0 Å². The summed E-state index contributed by atoms with van der Waals surface area (Å²) in [7, 11) is 1.63. The first-order chi connectivity index (χ1) is 12.2. The van der Waals surface area contributed by atoms with Crippen LogP contribution in [0.5, 0.6) is 0 Å². The van der Waals surface area contributed by atoms with Gasteiger partial charge < -0.3 is 20.7 Å². The molecule has 0 fully saturated rings. The second kappa shape index (κ2) is 15.9. The Kier molecular flexibility index (Phi) is 15.0. The minimum Gasteiger partial charge on any atom is -0.381 e. The zero-order valence-corrected chi connectivity index (χ0v) is 18.5. The van der Waals surface area contributed by atoms with Gasteiger partial charge in [-0.05, 0) is 37.5 Å². The van der Waals surface area contributed by atoms with Gasteiger partial charge in [0.05, 0.1) is 6.54 Å². The fourth-order valence-electron chi connectivity index (χ4n) is 2.20. The number of guanidine groups is 1. The molecular formula is C19H33IN4O2. The maximum Gasteiger partial charge on any atom is 0.251 e. The van der Waals surface area contributed by atoms with Gasteiger partial charge in [0.2, 0.25) is 0 Å². The predicted octanol–water partition coefficient (Wildman–Crippen LogP) is 2.93. The number of hydrogen-bond acceptors (Lipinski definition) is 3. The molecule has 0 unspecified atom stereocenters. The average molecular weight is 476 g/mol. The number of unbranched alkanes of at least 4 members (excludes halogenated alkanes) is 1. The molecule has 0 heterocycles. The van der Waals surface area contributed by atoms with Gasteiger partial charge in [0.25, 0.3) is 5.91 Å². The quantitative estimate of drug-likeness (QED) is 0.199. The van der Waals surface area contributed by atoms with E-state index < -0.39 is 0 Å². The number of halogens is 1. The molecule has 1 aromatic rings. The molecule has 148 valence electrons. The number of nitrogens with zero attached hydrogens (tertiary/aromatic N) is 1. The summed E-state index contributed by atoms with van der Waals surface area (Å²) < 4.78 is 5.55. The number of hydrogen-bond donors (Lipinski definition) is 3. The number of rotatable bonds is 11. The van der Waals surface area contributed by atoms with Crippen molar-refractivity contribution in [3.63, 3.8) is 0 Å². The molecular weight excluding hydrogens is 443 g/mol. The number of amides is 1. The third-order valence-corrected chi connectivity index (χ3v) is 3.58. The van der Waals surface area contributed by atoms with E-state index in [1.807, 2.05) is 25.1 Å². The number of nitrogens with one attached hydrogen (secondary N) is 3. The molecule has 3 N–H and O–H groups in total. The van der Waals surface area contributed by atoms with Crippen molar-refractivity contribution < 1.29 is 9.53 Å². The summed E-state index contributed by atoms with van der Waals surface area (Å²) in [5.41, 5.74) is 1.65. The minimum absolute atomic E-state index is 0. The van der Waals surface area contributed by atoms with Crippen LogP contribution in [-0.2, 0) is 11.3 Å². The van der Waals surface area contributed by atoms with Crippen LogP contribution >= 0.6 is 24.0 Å². The Morgan fingerprint density at radius 1 is 1.15 bits per heavy atom. The summed E-state index contributed by atoms with van der Waals surface area (Å²) in [4.78, 5) is 16.3. The highest BCUT2D eigenvalue weighted by Crippen LogP contribution is 2.06. The number of carbonyl (C=O) groups is 1. The third kappa shape index (κ3) is 10.6. The van der Waals surface area contributed by atoms with Gasteiger partial charge in [-0.1, -0.05) is 25.5 Å². The van der Waals surface area contributed by atoms with Crippen molar-refractivity contribution in [1.29, 1.82) is 0 Å². The molecule has 0 saturated carbocycles. The molecule has 0 aliphatic rings. The highest BCUT2D eigenvalue weighted by Gasteiger charge is 2.04. The van der Waals surface area contributed by atoms with Crippen LogP contribution in [0.4, 0.5) is 0 Å². The molecule has 0 saturated heterocycles. The molecule has 1 aromatic carbocycles. The van der Waals surface area contributed by atoms with E-state index in [4.69, 9.17) is 4.74 Å². The Balaban J connectivity index is 0.00000625. The van der Waals surface area contributed by atoms with Gasteiger partial charge >= 0.3 is 0 Å². The Labute approximate surface area is 174 Å². The normalized spacial score (nSPS) is 10.8. The lowest BCUT2D eigenvalue weighted by Crippen LogP contribution is -2.38. The van der Waals surface area contributed by atoms with Gasteiger partial charge in [0, 0.05) is 38.9 Å². The van der Waals surface area contributed by atoms with E-state index in [1.54, 1.807) is 13.1 Å². The molecule has 1 amide bonds. The second-order valence-electron chi connectivity index (χ2n) is 5.72. The standard InChI is InChI=1S/C19H32N4O2.HI/c1-4-6-12-25-13-8-11-22-19(21-5-2)23-15-16-9-7-10-17(14-16)18(24)20-3;/h7,9-10,14H,4-6,8,11-13,15H2,1-3H3,(H,20,24)(H2,21,22,23);1H. The molecule has 26 heavy (non-hydrogen) atoms. The molecule has 1 rings (SSSR count). The lowest BCUT2D eigenvalue weighted by atomic mass is 10.1. The molecule has 0 aromatic heterocycles. The summed E-state index contributed by atoms with van der Waals surface area (Å²) in [6.07, 6.45) is 3.23. The van der Waals surface area contributed by atoms with Gasteiger partial charge in [0.1, 0.15) is 0 Å². The molecule has 0 radical (unpaired) electrons. The molecule has 0 spiro atoms. The van der Waals surface area contributed by atoms with Crippen molar-refractivity contribution in [2.45, 2.75) is 39.7 Å². The van der Waals surface area contributed by atoms with Gasteiger partial charge in [-0.3, -0.25) is 4.79 Å². The van der Waals surface area contributed by atoms with Crippen molar-refractivity contribution in [2.24, 2.45) is 4.99 Å². The zero-order chi connectivity index (χ0) is 18.3. The number of ether oxygens (including phenoxy) is 1. The SMILES string of the molecule is CCCCOCCCNC(=NCc1cccc(C(=O)NC)c1)NCC.I. The summed E-state index contributed by atoms with van der Waals surface area (Å²) >= 11 is 0. The van der Waals surface area contributed by atoms with E-state index in [0.29, 0.717) is 12.1 Å². The highest BCUT2D eigenvalue weighted by molar-refractivity contribution is 14.0. The molecule has 0 atom stereocenters. The average Bonchev–Trinajstić information content (AvgIpc) is 2.64. The summed E-state index contributed by atoms with van der Waals surface area (Å²) in [6.45, 7) is 7.94. The van der Waals surface area contributed by atoms with Crippen LogP contribution in [0.3, 0.4) is 0 Å². The van der Waals surface area contributed by atoms with Crippen molar-refractivity contribution in [3.8, 4) is 0 Å². The molecule has 0 aliphatic carbocycles. The van der Waals surface area contributed by atoms with Crippen molar-refractivity contribution in [1.82, 2.24) is 16.0 Å². The highest BCUT2D eigenvalue weighted by atomic mass is 127. The maximum absolute atomic E-state index is 11.7. The summed E-state index contributed by atoms with van der Waals surface area (Å²) in [5, 5.41) is 9.18. The monoisotopic (exact) mass is 476 g/mol. The summed E-state index contributed by atoms with van der Waals surface area (Å²) in [6, 6.07) is 7.52. The Morgan fingerprint density at radius 2 is 1.92 bits per heavy atom. The van der Waals surface area contributed by atoms with Crippen LogP contribution in [0, 0.1) is 0 Å². The third-order valence-electron chi connectivity index (χ3n) is 3.58. The van der Waals surface area contributed by atoms with E-state index in [0.717, 1.165) is 57.1 Å². The van der Waals surface area contributed by atoms with Crippen LogP contribution in [0.1, 0.15) is 49.0 Å². The predicted molar refractivity (Wildman–Crippen MR) is 118 cm³/mol. The fraction of sp³-hybridized carbons (Fsp3) is 0.579. The largest absolute Gasteiger partial charge is 0.381 e. The van der Waals surface area contributed by atoms with Crippen LogP contribution < -0.4 is 16.0 Å². The molecule has 0 bridgehead atoms. The number of benzene rings is 1. The minimum atomic E-state index is -0.0843. The van der Waals surface area contributed by atoms with E-state index in [-0.39, 0.29) is 29.9 Å². The van der Waals surface area contributed by atoms with Gasteiger partial charge in [-0.15, -0.1) is 24.0 Å². The van der Waals surface area contributed by atoms with E-state index in [9.17, 15) is 4.79 Å². The lowest BCUT2D eigenvalue weighted by Gasteiger charge is -2.11. The fourth-order valence-corrected chi connectivity index (χ4v) is 2.20. The Bertz CT molecular complexity index is 538. The first-order valence-electron chi connectivity index (χ1n) is 9.12. The maximum atomic E-state index is 11.7. The van der Waals surface area contributed by atoms with Crippen LogP contribution in [0.25, 0.3) is 0 Å².